The first kappa shape index (κ1) is 15.9. The summed E-state index contributed by atoms with van der Waals surface area (Å²) >= 11 is 0. The van der Waals surface area contributed by atoms with Crippen LogP contribution >= 0.6 is 0 Å². The van der Waals surface area contributed by atoms with Crippen LogP contribution in [0.2, 0.25) is 0 Å². The molecule has 1 aliphatic rings. The highest BCUT2D eigenvalue weighted by atomic mass is 16.5. The van der Waals surface area contributed by atoms with Crippen molar-refractivity contribution in [3.05, 3.63) is 0 Å². The van der Waals surface area contributed by atoms with Crippen molar-refractivity contribution < 1.29 is 4.74 Å². The molecule has 0 bridgehead atoms. The van der Waals surface area contributed by atoms with Crippen molar-refractivity contribution in [2.24, 2.45) is 5.92 Å². The second kappa shape index (κ2) is 8.89. The number of nitrogens with zero attached hydrogens (tertiary/aromatic N) is 2. The molecule has 1 aliphatic heterocycles. The van der Waals surface area contributed by atoms with Crippen LogP contribution < -0.4 is 0 Å². The maximum atomic E-state index is 5.64. The Bertz CT molecular complexity index is 207. The summed E-state index contributed by atoms with van der Waals surface area (Å²) in [5.74, 6) is 0.823. The van der Waals surface area contributed by atoms with Crippen LogP contribution in [0.15, 0.2) is 0 Å². The van der Waals surface area contributed by atoms with Crippen LogP contribution in [0.3, 0.4) is 0 Å². The second-order valence-corrected chi connectivity index (χ2v) is 6.14. The first-order chi connectivity index (χ1) is 8.58. The van der Waals surface area contributed by atoms with Crippen LogP contribution in [0.25, 0.3) is 0 Å². The molecule has 1 heterocycles. The fourth-order valence-electron chi connectivity index (χ4n) is 2.33. The molecule has 1 fully saturated rings. The van der Waals surface area contributed by atoms with Crippen LogP contribution in [-0.2, 0) is 4.74 Å². The molecule has 0 aliphatic carbocycles. The normalized spacial score (nSPS) is 19.7. The van der Waals surface area contributed by atoms with Crippen LogP contribution in [0.5, 0.6) is 0 Å². The average molecular weight is 256 g/mol. The predicted octanol–water partition coefficient (Wildman–Crippen LogP) is 2.47. The van der Waals surface area contributed by atoms with Crippen LogP contribution in [-0.4, -0.2) is 61.8 Å². The maximum Gasteiger partial charge on any atom is 0.0596 e. The molecule has 0 spiro atoms. The van der Waals surface area contributed by atoms with Gasteiger partial charge in [0.05, 0.1) is 12.7 Å². The van der Waals surface area contributed by atoms with E-state index < -0.39 is 0 Å². The zero-order valence-electron chi connectivity index (χ0n) is 12.8. The summed E-state index contributed by atoms with van der Waals surface area (Å²) in [5.41, 5.74) is 0. The number of rotatable bonds is 7. The van der Waals surface area contributed by atoms with Gasteiger partial charge in [-0.15, -0.1) is 0 Å². The van der Waals surface area contributed by atoms with Gasteiger partial charge in [-0.3, -0.25) is 4.90 Å². The van der Waals surface area contributed by atoms with Gasteiger partial charge in [-0.1, -0.05) is 13.8 Å². The Morgan fingerprint density at radius 1 is 0.889 bits per heavy atom. The second-order valence-electron chi connectivity index (χ2n) is 6.14. The predicted molar refractivity (Wildman–Crippen MR) is 78.0 cm³/mol. The molecular formula is C15H32N2O. The van der Waals surface area contributed by atoms with Crippen molar-refractivity contribution in [1.82, 2.24) is 9.80 Å². The summed E-state index contributed by atoms with van der Waals surface area (Å²) in [6.07, 6.45) is 3.00. The lowest BCUT2D eigenvalue weighted by atomic mass is 10.1. The van der Waals surface area contributed by atoms with Gasteiger partial charge in [-0.2, -0.15) is 0 Å². The fraction of sp³-hybridized carbons (Fsp3) is 1.00. The highest BCUT2D eigenvalue weighted by Gasteiger charge is 2.14. The van der Waals surface area contributed by atoms with Gasteiger partial charge >= 0.3 is 0 Å². The molecule has 0 aromatic carbocycles. The molecule has 0 amide bonds. The number of ether oxygens (including phenoxy) is 1. The molecule has 3 heteroatoms. The van der Waals surface area contributed by atoms with Crippen molar-refractivity contribution in [2.75, 3.05) is 45.9 Å². The summed E-state index contributed by atoms with van der Waals surface area (Å²) < 4.78 is 5.64. The Hall–Kier alpha value is -0.120. The Morgan fingerprint density at radius 2 is 1.50 bits per heavy atom. The quantitative estimate of drug-likeness (QED) is 0.696. The zero-order chi connectivity index (χ0) is 13.4. The minimum Gasteiger partial charge on any atom is -0.377 e. The molecule has 0 unspecified atom stereocenters. The smallest absolute Gasteiger partial charge is 0.0596 e. The average Bonchev–Trinajstić information content (AvgIpc) is 2.51. The molecule has 0 aromatic heterocycles. The summed E-state index contributed by atoms with van der Waals surface area (Å²) in [4.78, 5) is 5.18. The largest absolute Gasteiger partial charge is 0.377 e. The van der Waals surface area contributed by atoms with Crippen LogP contribution in [0.4, 0.5) is 0 Å². The molecular weight excluding hydrogens is 224 g/mol. The van der Waals surface area contributed by atoms with Gasteiger partial charge in [-0.25, -0.2) is 0 Å². The molecule has 0 atom stereocenters. The van der Waals surface area contributed by atoms with Gasteiger partial charge in [0.2, 0.25) is 0 Å². The van der Waals surface area contributed by atoms with Gasteiger partial charge < -0.3 is 9.64 Å². The Kier molecular flexibility index (Phi) is 7.87. The molecule has 18 heavy (non-hydrogen) atoms. The standard InChI is InChI=1S/C15H32N2O/c1-14(2)6-9-16-7-5-8-17(11-10-16)12-13-18-15(3)4/h14-15H,5-13H2,1-4H3. The molecule has 0 radical (unpaired) electrons. The fourth-order valence-corrected chi connectivity index (χ4v) is 2.33. The Labute approximate surface area is 113 Å². The van der Waals surface area contributed by atoms with Crippen molar-refractivity contribution in [3.63, 3.8) is 0 Å². The van der Waals surface area contributed by atoms with Crippen molar-refractivity contribution >= 4 is 0 Å². The lowest BCUT2D eigenvalue weighted by Crippen LogP contribution is -2.33. The van der Waals surface area contributed by atoms with E-state index in [-0.39, 0.29) is 0 Å². The highest BCUT2D eigenvalue weighted by Crippen LogP contribution is 2.07. The van der Waals surface area contributed by atoms with Crippen molar-refractivity contribution in [2.45, 2.75) is 46.6 Å². The van der Waals surface area contributed by atoms with Crippen LogP contribution in [0.1, 0.15) is 40.5 Å². The van der Waals surface area contributed by atoms with Gasteiger partial charge in [-0.05, 0) is 52.2 Å². The molecule has 108 valence electrons. The van der Waals surface area contributed by atoms with E-state index in [1.807, 2.05) is 0 Å². The van der Waals surface area contributed by atoms with Crippen molar-refractivity contribution in [1.29, 1.82) is 0 Å². The molecule has 0 saturated carbocycles. The van der Waals surface area contributed by atoms with Gasteiger partial charge in [0.25, 0.3) is 0 Å². The summed E-state index contributed by atoms with van der Waals surface area (Å²) in [6, 6.07) is 0. The topological polar surface area (TPSA) is 15.7 Å². The van der Waals surface area contributed by atoms with E-state index in [0.29, 0.717) is 6.10 Å². The van der Waals surface area contributed by atoms with E-state index in [1.165, 1.54) is 45.6 Å². The third kappa shape index (κ3) is 7.34. The monoisotopic (exact) mass is 256 g/mol. The molecule has 0 aromatic rings. The first-order valence-corrected chi connectivity index (χ1v) is 7.64. The number of hydrogen-bond acceptors (Lipinski definition) is 3. The Balaban J connectivity index is 2.15. The maximum absolute atomic E-state index is 5.64. The summed E-state index contributed by atoms with van der Waals surface area (Å²) in [7, 11) is 0. The third-order valence-electron chi connectivity index (χ3n) is 3.56. The van der Waals surface area contributed by atoms with E-state index in [0.717, 1.165) is 19.1 Å². The lowest BCUT2D eigenvalue weighted by Gasteiger charge is -2.22. The zero-order valence-corrected chi connectivity index (χ0v) is 12.8. The lowest BCUT2D eigenvalue weighted by molar-refractivity contribution is 0.0597. The molecule has 1 saturated heterocycles. The van der Waals surface area contributed by atoms with Gasteiger partial charge in [0.1, 0.15) is 0 Å². The SMILES string of the molecule is CC(C)CCN1CCCN(CCOC(C)C)CC1. The van der Waals surface area contributed by atoms with E-state index >= 15 is 0 Å². The van der Waals surface area contributed by atoms with E-state index in [4.69, 9.17) is 4.74 Å². The van der Waals surface area contributed by atoms with E-state index in [2.05, 4.69) is 37.5 Å². The molecule has 1 rings (SSSR count). The van der Waals surface area contributed by atoms with Crippen LogP contribution in [0, 0.1) is 5.92 Å². The van der Waals surface area contributed by atoms with Gasteiger partial charge in [0.15, 0.2) is 0 Å². The van der Waals surface area contributed by atoms with Crippen molar-refractivity contribution in [3.8, 4) is 0 Å². The van der Waals surface area contributed by atoms with E-state index in [1.54, 1.807) is 0 Å². The third-order valence-corrected chi connectivity index (χ3v) is 3.56. The summed E-state index contributed by atoms with van der Waals surface area (Å²) in [5, 5.41) is 0. The summed E-state index contributed by atoms with van der Waals surface area (Å²) in [6.45, 7) is 17.0. The molecule has 0 N–H and O–H groups in total. The minimum absolute atomic E-state index is 0.361. The van der Waals surface area contributed by atoms with Gasteiger partial charge in [0, 0.05) is 19.6 Å². The first-order valence-electron chi connectivity index (χ1n) is 7.64. The highest BCUT2D eigenvalue weighted by molar-refractivity contribution is 4.70. The number of hydrogen-bond donors (Lipinski definition) is 0. The molecule has 3 nitrogen and oxygen atoms in total. The minimum atomic E-state index is 0.361. The van der Waals surface area contributed by atoms with E-state index in [9.17, 15) is 0 Å². The Morgan fingerprint density at radius 3 is 2.06 bits per heavy atom.